The molecule has 0 aromatic carbocycles. The van der Waals surface area contributed by atoms with Crippen molar-refractivity contribution >= 4 is 5.91 Å². The van der Waals surface area contributed by atoms with Gasteiger partial charge >= 0.3 is 0 Å². The Morgan fingerprint density at radius 3 is 3.16 bits per heavy atom. The van der Waals surface area contributed by atoms with Crippen LogP contribution in [0.2, 0.25) is 0 Å². The van der Waals surface area contributed by atoms with E-state index in [1.807, 2.05) is 12.1 Å². The third kappa shape index (κ3) is 3.36. The van der Waals surface area contributed by atoms with Gasteiger partial charge in [0.25, 0.3) is 5.91 Å². The number of aromatic nitrogens is 1. The quantitative estimate of drug-likeness (QED) is 0.816. The van der Waals surface area contributed by atoms with Gasteiger partial charge in [0.05, 0.1) is 32.3 Å². The summed E-state index contributed by atoms with van der Waals surface area (Å²) in [6.07, 6.45) is 4.56. The third-order valence-electron chi connectivity index (χ3n) is 5.38. The van der Waals surface area contributed by atoms with E-state index in [-0.39, 0.29) is 17.9 Å². The lowest BCUT2D eigenvalue weighted by Gasteiger charge is -2.41. The molecule has 3 fully saturated rings. The number of hydrogen-bond acceptors (Lipinski definition) is 6. The molecule has 3 aliphatic rings. The Bertz CT molecular complexity index is 620. The largest absolute Gasteiger partial charge is 0.481 e. The van der Waals surface area contributed by atoms with Crippen LogP contribution in [0.25, 0.3) is 0 Å². The molecular formula is C18H25N3O4. The lowest BCUT2D eigenvalue weighted by Crippen LogP contribution is -2.52. The van der Waals surface area contributed by atoms with Crippen molar-refractivity contribution in [3.05, 3.63) is 23.9 Å². The average molecular weight is 347 g/mol. The average Bonchev–Trinajstić information content (AvgIpc) is 3.33. The summed E-state index contributed by atoms with van der Waals surface area (Å²) in [6.45, 7) is 3.53. The van der Waals surface area contributed by atoms with Crippen LogP contribution in [0.5, 0.6) is 5.88 Å². The van der Waals surface area contributed by atoms with Gasteiger partial charge in [-0.2, -0.15) is 0 Å². The van der Waals surface area contributed by atoms with Crippen molar-refractivity contribution in [1.82, 2.24) is 14.9 Å². The fraction of sp³-hybridized carbons (Fsp3) is 0.667. The van der Waals surface area contributed by atoms with Crippen molar-refractivity contribution < 1.29 is 19.1 Å². The van der Waals surface area contributed by atoms with Crippen LogP contribution in [0, 0.1) is 5.92 Å². The summed E-state index contributed by atoms with van der Waals surface area (Å²) in [5.41, 5.74) is 1.04. The first-order chi connectivity index (χ1) is 12.3. The molecule has 4 heterocycles. The minimum absolute atomic E-state index is 0.0832. The number of hydrogen-bond donors (Lipinski definition) is 0. The van der Waals surface area contributed by atoms with Gasteiger partial charge in [0.15, 0.2) is 0 Å². The molecule has 136 valence electrons. The molecule has 25 heavy (non-hydrogen) atoms. The smallest absolute Gasteiger partial charge is 0.250 e. The number of piperidine rings is 1. The molecule has 7 nitrogen and oxygen atoms in total. The third-order valence-corrected chi connectivity index (χ3v) is 5.38. The van der Waals surface area contributed by atoms with Gasteiger partial charge in [0, 0.05) is 37.5 Å². The number of fused-ring (bicyclic) bond motifs is 1. The van der Waals surface area contributed by atoms with Crippen LogP contribution in [0.1, 0.15) is 24.8 Å². The van der Waals surface area contributed by atoms with Crippen molar-refractivity contribution in [2.24, 2.45) is 5.92 Å². The van der Waals surface area contributed by atoms with Crippen molar-refractivity contribution in [3.8, 4) is 5.88 Å². The highest BCUT2D eigenvalue weighted by molar-refractivity contribution is 5.78. The highest BCUT2D eigenvalue weighted by Crippen LogP contribution is 2.34. The predicted molar refractivity (Wildman–Crippen MR) is 89.7 cm³/mol. The summed E-state index contributed by atoms with van der Waals surface area (Å²) in [6, 6.07) is 4.31. The Kier molecular flexibility index (Phi) is 4.87. The van der Waals surface area contributed by atoms with Gasteiger partial charge in [0.1, 0.15) is 0 Å². The van der Waals surface area contributed by atoms with Crippen LogP contribution in [0.4, 0.5) is 0 Å². The molecule has 0 unspecified atom stereocenters. The fourth-order valence-electron chi connectivity index (χ4n) is 4.19. The number of carbonyl (C=O) groups excluding carboxylic acids is 1. The van der Waals surface area contributed by atoms with Gasteiger partial charge < -0.3 is 9.47 Å². The number of rotatable bonds is 4. The topological polar surface area (TPSA) is 64.1 Å². The Morgan fingerprint density at radius 2 is 2.36 bits per heavy atom. The Morgan fingerprint density at radius 1 is 1.44 bits per heavy atom. The van der Waals surface area contributed by atoms with E-state index in [4.69, 9.17) is 14.3 Å². The van der Waals surface area contributed by atoms with E-state index in [0.717, 1.165) is 38.0 Å². The second-order valence-electron chi connectivity index (χ2n) is 6.93. The summed E-state index contributed by atoms with van der Waals surface area (Å²) in [4.78, 5) is 24.9. The molecule has 7 heteroatoms. The second-order valence-corrected chi connectivity index (χ2v) is 6.93. The van der Waals surface area contributed by atoms with E-state index in [1.54, 1.807) is 18.4 Å². The molecule has 0 N–H and O–H groups in total. The zero-order chi connectivity index (χ0) is 17.2. The van der Waals surface area contributed by atoms with Crippen LogP contribution in [0.3, 0.4) is 0 Å². The normalized spacial score (nSPS) is 29.6. The molecule has 4 rings (SSSR count). The fourth-order valence-corrected chi connectivity index (χ4v) is 4.19. The lowest BCUT2D eigenvalue weighted by molar-refractivity contribution is -0.177. The number of hydroxylamine groups is 2. The van der Waals surface area contributed by atoms with Gasteiger partial charge in [-0.25, -0.2) is 10.0 Å². The minimum Gasteiger partial charge on any atom is -0.481 e. The Hall–Kier alpha value is -1.70. The zero-order valence-electron chi connectivity index (χ0n) is 14.6. The van der Waals surface area contributed by atoms with Crippen LogP contribution in [-0.2, 0) is 20.9 Å². The zero-order valence-corrected chi connectivity index (χ0v) is 14.6. The highest BCUT2D eigenvalue weighted by Gasteiger charge is 2.43. The lowest BCUT2D eigenvalue weighted by atomic mass is 9.89. The number of amides is 1. The molecule has 1 aromatic heterocycles. The summed E-state index contributed by atoms with van der Waals surface area (Å²) in [5.74, 6) is 0.656. The number of methoxy groups -OCH3 is 1. The maximum absolute atomic E-state index is 12.8. The van der Waals surface area contributed by atoms with E-state index in [2.05, 4.69) is 9.88 Å². The first-order valence-electron chi connectivity index (χ1n) is 9.04. The molecule has 3 aliphatic heterocycles. The van der Waals surface area contributed by atoms with Crippen molar-refractivity contribution in [2.75, 3.05) is 33.4 Å². The van der Waals surface area contributed by atoms with Gasteiger partial charge in [-0.3, -0.25) is 14.5 Å². The number of pyridine rings is 1. The molecular weight excluding hydrogens is 322 g/mol. The summed E-state index contributed by atoms with van der Waals surface area (Å²) in [7, 11) is 1.64. The predicted octanol–water partition coefficient (Wildman–Crippen LogP) is 1.23. The molecule has 3 saturated heterocycles. The van der Waals surface area contributed by atoms with Crippen molar-refractivity contribution in [3.63, 3.8) is 0 Å². The molecule has 1 amide bonds. The van der Waals surface area contributed by atoms with Gasteiger partial charge in [-0.1, -0.05) is 6.07 Å². The molecule has 0 spiro atoms. The van der Waals surface area contributed by atoms with Gasteiger partial charge in [-0.15, -0.1) is 0 Å². The molecule has 0 bridgehead atoms. The molecule has 0 radical (unpaired) electrons. The summed E-state index contributed by atoms with van der Waals surface area (Å²) >= 11 is 0. The molecule has 0 aliphatic carbocycles. The highest BCUT2D eigenvalue weighted by atomic mass is 16.7. The maximum Gasteiger partial charge on any atom is 0.250 e. The van der Waals surface area contributed by atoms with Gasteiger partial charge in [0.2, 0.25) is 5.88 Å². The maximum atomic E-state index is 12.8. The monoisotopic (exact) mass is 347 g/mol. The van der Waals surface area contributed by atoms with Crippen molar-refractivity contribution in [1.29, 1.82) is 0 Å². The Labute approximate surface area is 147 Å². The second kappa shape index (κ2) is 7.27. The minimum atomic E-state index is -0.0832. The summed E-state index contributed by atoms with van der Waals surface area (Å²) in [5, 5.41) is 1.54. The first kappa shape index (κ1) is 16.8. The SMILES string of the molecule is COc1ncccc1CN1C[C@H](C(=O)N2CCCO2)C[C@@H]2OCC[C@@H]21. The standard InChI is InChI=1S/C18H25N3O4/c1-23-17-13(4-2-6-19-17)11-20-12-14(10-16-15(20)5-9-24-16)18(22)21-7-3-8-25-21/h2,4,6,14-16H,3,5,7-12H2,1H3/t14-,15+,16+/m1/s1. The van der Waals surface area contributed by atoms with Crippen LogP contribution >= 0.6 is 0 Å². The Balaban J connectivity index is 1.51. The van der Waals surface area contributed by atoms with E-state index in [1.165, 1.54) is 0 Å². The molecule has 1 aromatic rings. The van der Waals surface area contributed by atoms with E-state index in [9.17, 15) is 4.79 Å². The molecule has 3 atom stereocenters. The van der Waals surface area contributed by atoms with Gasteiger partial charge in [-0.05, 0) is 25.3 Å². The van der Waals surface area contributed by atoms with Crippen LogP contribution in [0.15, 0.2) is 18.3 Å². The molecule has 0 saturated carbocycles. The number of ether oxygens (including phenoxy) is 2. The number of carbonyl (C=O) groups is 1. The van der Waals surface area contributed by atoms with Crippen molar-refractivity contribution in [2.45, 2.75) is 38.0 Å². The number of likely N-dealkylation sites (tertiary alicyclic amines) is 1. The summed E-state index contributed by atoms with van der Waals surface area (Å²) < 4.78 is 11.3. The van der Waals surface area contributed by atoms with Crippen LogP contribution in [-0.4, -0.2) is 66.4 Å². The van der Waals surface area contributed by atoms with E-state index in [0.29, 0.717) is 31.6 Å². The van der Waals surface area contributed by atoms with E-state index >= 15 is 0 Å². The number of nitrogens with zero attached hydrogens (tertiary/aromatic N) is 3. The van der Waals surface area contributed by atoms with Crippen LogP contribution < -0.4 is 4.74 Å². The van der Waals surface area contributed by atoms with E-state index < -0.39 is 0 Å². The first-order valence-corrected chi connectivity index (χ1v) is 9.04.